The number of benzene rings is 1. The summed E-state index contributed by atoms with van der Waals surface area (Å²) in [4.78, 5) is 31.9. The topological polar surface area (TPSA) is 107 Å². The van der Waals surface area contributed by atoms with Gasteiger partial charge in [0.15, 0.2) is 5.78 Å². The summed E-state index contributed by atoms with van der Waals surface area (Å²) in [5.74, 6) is 0.142. The highest BCUT2D eigenvalue weighted by atomic mass is 35.5. The van der Waals surface area contributed by atoms with Gasteiger partial charge in [0.05, 0.1) is 6.20 Å². The van der Waals surface area contributed by atoms with Crippen LogP contribution in [0.2, 0.25) is 5.02 Å². The molecule has 1 aliphatic rings. The van der Waals surface area contributed by atoms with Crippen molar-refractivity contribution >= 4 is 34.9 Å². The van der Waals surface area contributed by atoms with E-state index in [0.29, 0.717) is 22.7 Å². The van der Waals surface area contributed by atoms with Crippen LogP contribution in [0.25, 0.3) is 0 Å². The van der Waals surface area contributed by atoms with Crippen LogP contribution in [0.15, 0.2) is 37.1 Å². The van der Waals surface area contributed by atoms with Gasteiger partial charge in [-0.15, -0.1) is 0 Å². The Morgan fingerprint density at radius 3 is 2.87 bits per heavy atom. The number of rotatable bonds is 8. The van der Waals surface area contributed by atoms with Gasteiger partial charge in [0.25, 0.3) is 0 Å². The number of primary amides is 1. The van der Waals surface area contributed by atoms with E-state index in [-0.39, 0.29) is 29.6 Å². The van der Waals surface area contributed by atoms with Crippen molar-refractivity contribution in [3.05, 3.63) is 53.2 Å². The van der Waals surface area contributed by atoms with Gasteiger partial charge in [-0.05, 0) is 50.0 Å². The van der Waals surface area contributed by atoms with Crippen LogP contribution in [0.3, 0.4) is 0 Å². The molecule has 0 radical (unpaired) electrons. The average molecular weight is 429 g/mol. The van der Waals surface area contributed by atoms with Gasteiger partial charge in [-0.2, -0.15) is 4.98 Å². The van der Waals surface area contributed by atoms with Crippen LogP contribution in [-0.4, -0.2) is 27.8 Å². The number of aryl methyl sites for hydroxylation is 1. The molecule has 30 heavy (non-hydrogen) atoms. The van der Waals surface area contributed by atoms with Gasteiger partial charge in [0.1, 0.15) is 11.1 Å². The first-order chi connectivity index (χ1) is 14.4. The molecule has 0 spiro atoms. The summed E-state index contributed by atoms with van der Waals surface area (Å²) in [5, 5.41) is 3.38. The Hall–Kier alpha value is -2.93. The third-order valence-corrected chi connectivity index (χ3v) is 5.53. The predicted molar refractivity (Wildman–Crippen MR) is 116 cm³/mol. The summed E-state index contributed by atoms with van der Waals surface area (Å²) in [6, 6.07) is 5.10. The van der Waals surface area contributed by atoms with E-state index in [1.165, 1.54) is 12.3 Å². The number of amides is 1. The van der Waals surface area contributed by atoms with E-state index in [2.05, 4.69) is 21.9 Å². The fraction of sp³-hybridized carbons (Fsp3) is 0.364. The van der Waals surface area contributed by atoms with Crippen LogP contribution in [0.5, 0.6) is 5.88 Å². The van der Waals surface area contributed by atoms with Crippen LogP contribution in [0, 0.1) is 12.8 Å². The average Bonchev–Trinajstić information content (AvgIpc) is 2.73. The van der Waals surface area contributed by atoms with Crippen LogP contribution in [-0.2, 0) is 4.79 Å². The fourth-order valence-corrected chi connectivity index (χ4v) is 3.71. The number of ketones is 1. The molecule has 7 nitrogen and oxygen atoms in total. The van der Waals surface area contributed by atoms with Gasteiger partial charge in [-0.1, -0.05) is 30.7 Å². The van der Waals surface area contributed by atoms with Crippen molar-refractivity contribution in [3.8, 4) is 5.88 Å². The van der Waals surface area contributed by atoms with E-state index in [1.54, 1.807) is 18.2 Å². The summed E-state index contributed by atoms with van der Waals surface area (Å²) < 4.78 is 6.13. The quantitative estimate of drug-likeness (QED) is 0.604. The second-order valence-corrected chi connectivity index (χ2v) is 7.85. The molecule has 2 atom stereocenters. The highest BCUT2D eigenvalue weighted by Gasteiger charge is 2.29. The van der Waals surface area contributed by atoms with Gasteiger partial charge >= 0.3 is 0 Å². The van der Waals surface area contributed by atoms with E-state index in [0.717, 1.165) is 31.2 Å². The first-order valence-corrected chi connectivity index (χ1v) is 10.3. The standard InChI is InChI=1S/C22H25ClN4O3/c1-3-16(28)10-14-6-4-5-7-19(14)30-21-17(23)12-25-22(27-21)26-18-11-15(20(24)29)9-8-13(18)2/h3,8-9,11-12,14,19H,1,4-7,10H2,2H3,(H2,24,29)(H,25,26,27). The second-order valence-electron chi connectivity index (χ2n) is 7.44. The Morgan fingerprint density at radius 2 is 2.13 bits per heavy atom. The van der Waals surface area contributed by atoms with E-state index in [9.17, 15) is 9.59 Å². The van der Waals surface area contributed by atoms with E-state index in [4.69, 9.17) is 22.1 Å². The monoisotopic (exact) mass is 428 g/mol. The molecule has 1 saturated carbocycles. The normalized spacial score (nSPS) is 18.5. The maximum atomic E-state index is 11.8. The third kappa shape index (κ3) is 5.36. The van der Waals surface area contributed by atoms with Crippen LogP contribution < -0.4 is 15.8 Å². The Balaban J connectivity index is 1.80. The maximum absolute atomic E-state index is 11.8. The molecule has 0 bridgehead atoms. The number of allylic oxidation sites excluding steroid dienone is 1. The van der Waals surface area contributed by atoms with Crippen molar-refractivity contribution in [2.75, 3.05) is 5.32 Å². The molecule has 1 heterocycles. The van der Waals surface area contributed by atoms with Gasteiger partial charge in [0, 0.05) is 23.6 Å². The van der Waals surface area contributed by atoms with E-state index >= 15 is 0 Å². The number of nitrogens with two attached hydrogens (primary N) is 1. The largest absolute Gasteiger partial charge is 0.473 e. The number of anilines is 2. The number of aromatic nitrogens is 2. The number of carbonyl (C=O) groups is 2. The van der Waals surface area contributed by atoms with Crippen molar-refractivity contribution in [1.82, 2.24) is 9.97 Å². The highest BCUT2D eigenvalue weighted by molar-refractivity contribution is 6.31. The lowest BCUT2D eigenvalue weighted by atomic mass is 9.83. The molecule has 0 aliphatic heterocycles. The van der Waals surface area contributed by atoms with Crippen molar-refractivity contribution < 1.29 is 14.3 Å². The lowest BCUT2D eigenvalue weighted by Crippen LogP contribution is -2.32. The smallest absolute Gasteiger partial charge is 0.248 e. The Bertz CT molecular complexity index is 963. The van der Waals surface area contributed by atoms with Crippen LogP contribution in [0.1, 0.15) is 48.0 Å². The molecular weight excluding hydrogens is 404 g/mol. The van der Waals surface area contributed by atoms with Crippen molar-refractivity contribution in [2.45, 2.75) is 45.1 Å². The lowest BCUT2D eigenvalue weighted by molar-refractivity contribution is -0.116. The fourth-order valence-electron chi connectivity index (χ4n) is 3.57. The Labute approximate surface area is 180 Å². The molecule has 1 aliphatic carbocycles. The third-order valence-electron chi connectivity index (χ3n) is 5.27. The van der Waals surface area contributed by atoms with E-state index < -0.39 is 5.91 Å². The number of halogens is 1. The van der Waals surface area contributed by atoms with Crippen molar-refractivity contribution in [3.63, 3.8) is 0 Å². The lowest BCUT2D eigenvalue weighted by Gasteiger charge is -2.31. The molecule has 8 heteroatoms. The number of ether oxygens (including phenoxy) is 1. The molecule has 3 N–H and O–H groups in total. The first kappa shape index (κ1) is 21.8. The number of carbonyl (C=O) groups excluding carboxylic acids is 2. The van der Waals surface area contributed by atoms with Crippen LogP contribution in [0.4, 0.5) is 11.6 Å². The number of nitrogens with one attached hydrogen (secondary N) is 1. The summed E-state index contributed by atoms with van der Waals surface area (Å²) in [5.41, 5.74) is 7.30. The molecule has 2 unspecified atom stereocenters. The highest BCUT2D eigenvalue weighted by Crippen LogP contribution is 2.33. The van der Waals surface area contributed by atoms with Crippen molar-refractivity contribution in [2.24, 2.45) is 11.7 Å². The number of hydrogen-bond acceptors (Lipinski definition) is 6. The molecule has 1 aromatic carbocycles. The summed E-state index contributed by atoms with van der Waals surface area (Å²) in [7, 11) is 0. The SMILES string of the molecule is C=CC(=O)CC1CCCCC1Oc1nc(Nc2cc(C(N)=O)ccc2C)ncc1Cl. The van der Waals surface area contributed by atoms with Gasteiger partial charge in [-0.25, -0.2) is 4.98 Å². The zero-order chi connectivity index (χ0) is 21.7. The molecule has 3 rings (SSSR count). The molecule has 1 fully saturated rings. The number of hydrogen-bond donors (Lipinski definition) is 2. The zero-order valence-corrected chi connectivity index (χ0v) is 17.6. The molecule has 0 saturated heterocycles. The molecule has 2 aromatic rings. The summed E-state index contributed by atoms with van der Waals surface area (Å²) in [6.07, 6.45) is 6.91. The van der Waals surface area contributed by atoms with Gasteiger partial charge in [0.2, 0.25) is 17.7 Å². The van der Waals surface area contributed by atoms with Gasteiger partial charge < -0.3 is 15.8 Å². The zero-order valence-electron chi connectivity index (χ0n) is 16.9. The molecule has 1 amide bonds. The summed E-state index contributed by atoms with van der Waals surface area (Å²) >= 11 is 6.28. The first-order valence-electron chi connectivity index (χ1n) is 9.89. The van der Waals surface area contributed by atoms with Crippen LogP contribution >= 0.6 is 11.6 Å². The minimum Gasteiger partial charge on any atom is -0.473 e. The maximum Gasteiger partial charge on any atom is 0.248 e. The molecular formula is C22H25ClN4O3. The number of nitrogens with zero attached hydrogens (tertiary/aromatic N) is 2. The second kappa shape index (κ2) is 9.71. The van der Waals surface area contributed by atoms with Crippen molar-refractivity contribution in [1.29, 1.82) is 0 Å². The Morgan fingerprint density at radius 1 is 1.37 bits per heavy atom. The minimum absolute atomic E-state index is 0.0106. The molecule has 1 aromatic heterocycles. The molecule has 158 valence electrons. The summed E-state index contributed by atoms with van der Waals surface area (Å²) in [6.45, 7) is 5.45. The van der Waals surface area contributed by atoms with Gasteiger partial charge in [-0.3, -0.25) is 9.59 Å². The van der Waals surface area contributed by atoms with E-state index in [1.807, 2.05) is 6.92 Å². The predicted octanol–water partition coefficient (Wildman–Crippen LogP) is 4.36. The minimum atomic E-state index is -0.517. The Kier molecular flexibility index (Phi) is 7.05.